The van der Waals surface area contributed by atoms with Crippen LogP contribution in [0.3, 0.4) is 0 Å². The van der Waals surface area contributed by atoms with Gasteiger partial charge in [-0.25, -0.2) is 18.7 Å². The Morgan fingerprint density at radius 2 is 1.69 bits per heavy atom. The minimum absolute atomic E-state index is 0.0541. The molecule has 2 aromatic rings. The Kier molecular flexibility index (Phi) is 5.52. The van der Waals surface area contributed by atoms with E-state index in [0.717, 1.165) is 18.3 Å². The lowest BCUT2D eigenvalue weighted by molar-refractivity contribution is -0.154. The molecule has 4 nitrogen and oxygen atoms in total. The van der Waals surface area contributed by atoms with Crippen molar-refractivity contribution in [1.82, 2.24) is 9.97 Å². The fraction of sp³-hybridized carbons (Fsp3) is 0.286. The molecule has 0 aliphatic rings. The summed E-state index contributed by atoms with van der Waals surface area (Å²) in [6, 6.07) is 2.31. The molecule has 0 amide bonds. The highest BCUT2D eigenvalue weighted by Crippen LogP contribution is 2.30. The Morgan fingerprint density at radius 3 is 2.27 bits per heavy atom. The second-order valence-electron chi connectivity index (χ2n) is 4.90. The third-order valence-corrected chi connectivity index (χ3v) is 2.83. The van der Waals surface area contributed by atoms with Gasteiger partial charge < -0.3 is 10.1 Å². The van der Waals surface area contributed by atoms with Gasteiger partial charge in [0.05, 0.1) is 24.1 Å². The minimum atomic E-state index is -4.98. The lowest BCUT2D eigenvalue weighted by atomic mass is 10.2. The van der Waals surface area contributed by atoms with Crippen LogP contribution in [0, 0.1) is 11.6 Å². The molecule has 2 rings (SSSR count). The summed E-state index contributed by atoms with van der Waals surface area (Å²) in [5.41, 5.74) is -1.95. The number of pyridine rings is 2. The Labute approximate surface area is 140 Å². The van der Waals surface area contributed by atoms with Gasteiger partial charge in [0.1, 0.15) is 0 Å². The van der Waals surface area contributed by atoms with E-state index in [9.17, 15) is 35.1 Å². The standard InChI is InChI=1S/C14H9F8N3O/c15-9-2-1-7(25-11(9)14(20,21)22)4-23-8-3-10(16)12(24-5-8)26-6-13(17,18)19/h1-3,5,23H,4,6H2. The molecule has 142 valence electrons. The molecule has 0 radical (unpaired) electrons. The van der Waals surface area contributed by atoms with Crippen molar-refractivity contribution in [2.45, 2.75) is 18.9 Å². The van der Waals surface area contributed by atoms with E-state index >= 15 is 0 Å². The number of aromatic nitrogens is 2. The molecular formula is C14H9F8N3O. The first-order valence-corrected chi connectivity index (χ1v) is 6.77. The zero-order chi connectivity index (χ0) is 19.5. The summed E-state index contributed by atoms with van der Waals surface area (Å²) < 4.78 is 105. The zero-order valence-corrected chi connectivity index (χ0v) is 12.6. The molecule has 0 saturated heterocycles. The van der Waals surface area contributed by atoms with Gasteiger partial charge in [0.2, 0.25) is 0 Å². The number of nitrogens with one attached hydrogen (secondary N) is 1. The summed E-state index contributed by atoms with van der Waals surface area (Å²) in [6.07, 6.45) is -8.73. The quantitative estimate of drug-likeness (QED) is 0.776. The van der Waals surface area contributed by atoms with E-state index in [-0.39, 0.29) is 17.9 Å². The number of hydrogen-bond acceptors (Lipinski definition) is 4. The highest BCUT2D eigenvalue weighted by Gasteiger charge is 2.36. The molecule has 0 unspecified atom stereocenters. The maximum absolute atomic E-state index is 13.6. The van der Waals surface area contributed by atoms with Crippen LogP contribution < -0.4 is 10.1 Å². The number of anilines is 1. The fourth-order valence-electron chi connectivity index (χ4n) is 1.75. The molecule has 0 aliphatic heterocycles. The van der Waals surface area contributed by atoms with E-state index in [1.165, 1.54) is 0 Å². The molecule has 0 fully saturated rings. The normalized spacial score (nSPS) is 12.2. The van der Waals surface area contributed by atoms with Gasteiger partial charge in [0.25, 0.3) is 5.88 Å². The van der Waals surface area contributed by atoms with Gasteiger partial charge in [-0.1, -0.05) is 0 Å². The van der Waals surface area contributed by atoms with E-state index in [1.54, 1.807) is 0 Å². The maximum Gasteiger partial charge on any atom is 0.436 e. The van der Waals surface area contributed by atoms with Crippen molar-refractivity contribution < 1.29 is 39.9 Å². The van der Waals surface area contributed by atoms with Crippen molar-refractivity contribution in [3.05, 3.63) is 47.4 Å². The number of hydrogen-bond donors (Lipinski definition) is 1. The summed E-state index contributed by atoms with van der Waals surface area (Å²) in [5, 5.41) is 2.47. The minimum Gasteiger partial charge on any atom is -0.466 e. The molecule has 2 heterocycles. The second kappa shape index (κ2) is 7.30. The first-order chi connectivity index (χ1) is 12.0. The van der Waals surface area contributed by atoms with Crippen molar-refractivity contribution >= 4 is 5.69 Å². The van der Waals surface area contributed by atoms with Crippen LogP contribution in [0.25, 0.3) is 0 Å². The van der Waals surface area contributed by atoms with Gasteiger partial charge in [-0.05, 0) is 12.1 Å². The van der Waals surface area contributed by atoms with Crippen LogP contribution in [0.5, 0.6) is 5.88 Å². The Balaban J connectivity index is 2.05. The van der Waals surface area contributed by atoms with Crippen molar-refractivity contribution in [3.63, 3.8) is 0 Å². The first kappa shape index (κ1) is 19.7. The average Bonchev–Trinajstić information content (AvgIpc) is 2.51. The van der Waals surface area contributed by atoms with E-state index in [2.05, 4.69) is 20.0 Å². The molecule has 0 atom stereocenters. The highest BCUT2D eigenvalue weighted by atomic mass is 19.4. The highest BCUT2D eigenvalue weighted by molar-refractivity contribution is 5.43. The van der Waals surface area contributed by atoms with E-state index in [4.69, 9.17) is 0 Å². The van der Waals surface area contributed by atoms with Crippen LogP contribution in [0.1, 0.15) is 11.4 Å². The summed E-state index contributed by atoms with van der Waals surface area (Å²) >= 11 is 0. The molecule has 26 heavy (non-hydrogen) atoms. The van der Waals surface area contributed by atoms with Gasteiger partial charge in [-0.15, -0.1) is 0 Å². The lowest BCUT2D eigenvalue weighted by Gasteiger charge is -2.12. The Morgan fingerprint density at radius 1 is 1.00 bits per heavy atom. The Hall–Kier alpha value is -2.66. The van der Waals surface area contributed by atoms with Gasteiger partial charge in [0.15, 0.2) is 23.9 Å². The molecule has 0 saturated carbocycles. The number of rotatable bonds is 5. The lowest BCUT2D eigenvalue weighted by Crippen LogP contribution is -2.20. The SMILES string of the molecule is Fc1cc(NCc2ccc(F)c(C(F)(F)F)n2)cnc1OCC(F)(F)F. The predicted molar refractivity (Wildman–Crippen MR) is 72.3 cm³/mol. The number of nitrogens with zero attached hydrogens (tertiary/aromatic N) is 2. The molecule has 12 heteroatoms. The molecule has 2 aromatic heterocycles. The van der Waals surface area contributed by atoms with Crippen molar-refractivity contribution in [2.24, 2.45) is 0 Å². The second-order valence-corrected chi connectivity index (χ2v) is 4.90. The van der Waals surface area contributed by atoms with Crippen LogP contribution in [-0.2, 0) is 12.7 Å². The van der Waals surface area contributed by atoms with Gasteiger partial charge in [-0.3, -0.25) is 0 Å². The van der Waals surface area contributed by atoms with Crippen molar-refractivity contribution in [2.75, 3.05) is 11.9 Å². The third-order valence-electron chi connectivity index (χ3n) is 2.83. The Bertz CT molecular complexity index is 776. The number of halogens is 8. The predicted octanol–water partition coefficient (Wildman–Crippen LogP) is 4.33. The largest absolute Gasteiger partial charge is 0.466 e. The molecule has 0 aromatic carbocycles. The number of alkyl halides is 6. The molecular weight excluding hydrogens is 378 g/mol. The summed E-state index contributed by atoms with van der Waals surface area (Å²) in [4.78, 5) is 6.47. The first-order valence-electron chi connectivity index (χ1n) is 6.77. The monoisotopic (exact) mass is 387 g/mol. The van der Waals surface area contributed by atoms with Crippen LogP contribution in [0.2, 0.25) is 0 Å². The fourth-order valence-corrected chi connectivity index (χ4v) is 1.75. The average molecular weight is 387 g/mol. The summed E-state index contributed by atoms with van der Waals surface area (Å²) in [7, 11) is 0. The van der Waals surface area contributed by atoms with Crippen molar-refractivity contribution in [3.8, 4) is 5.88 Å². The van der Waals surface area contributed by atoms with E-state index < -0.39 is 42.2 Å². The van der Waals surface area contributed by atoms with Crippen LogP contribution in [0.4, 0.5) is 40.8 Å². The smallest absolute Gasteiger partial charge is 0.436 e. The van der Waals surface area contributed by atoms with Crippen LogP contribution in [0.15, 0.2) is 24.4 Å². The van der Waals surface area contributed by atoms with Gasteiger partial charge in [-0.2, -0.15) is 26.3 Å². The van der Waals surface area contributed by atoms with E-state index in [0.29, 0.717) is 6.07 Å². The third kappa shape index (κ3) is 5.43. The van der Waals surface area contributed by atoms with Crippen LogP contribution >= 0.6 is 0 Å². The molecule has 0 bridgehead atoms. The summed E-state index contributed by atoms with van der Waals surface area (Å²) in [5.74, 6) is -3.63. The van der Waals surface area contributed by atoms with Gasteiger partial charge in [0, 0.05) is 6.07 Å². The van der Waals surface area contributed by atoms with Crippen LogP contribution in [-0.4, -0.2) is 22.8 Å². The molecule has 0 aliphatic carbocycles. The van der Waals surface area contributed by atoms with Gasteiger partial charge >= 0.3 is 12.4 Å². The molecule has 0 spiro atoms. The maximum atomic E-state index is 13.6. The summed E-state index contributed by atoms with van der Waals surface area (Å²) in [6.45, 7) is -2.07. The number of ether oxygens (including phenoxy) is 1. The molecule has 1 N–H and O–H groups in total. The zero-order valence-electron chi connectivity index (χ0n) is 12.6. The topological polar surface area (TPSA) is 47.0 Å². The van der Waals surface area contributed by atoms with E-state index in [1.807, 2.05) is 0 Å². The van der Waals surface area contributed by atoms with Crippen molar-refractivity contribution in [1.29, 1.82) is 0 Å².